The smallest absolute Gasteiger partial charge is 0.355 e. The van der Waals surface area contributed by atoms with Crippen molar-refractivity contribution in [1.29, 1.82) is 0 Å². The summed E-state index contributed by atoms with van der Waals surface area (Å²) in [6.45, 7) is 2.22. The zero-order chi connectivity index (χ0) is 21.8. The zero-order valence-electron chi connectivity index (χ0n) is 16.7. The van der Waals surface area contributed by atoms with Gasteiger partial charge in [-0.2, -0.15) is 0 Å². The number of carboxylic acids is 1. The number of tetrazole rings is 1. The highest BCUT2D eigenvalue weighted by atomic mass is 35.5. The second kappa shape index (κ2) is 9.00. The van der Waals surface area contributed by atoms with Gasteiger partial charge >= 0.3 is 5.97 Å². The number of hydrogen-bond donors (Lipinski definition) is 2. The van der Waals surface area contributed by atoms with Gasteiger partial charge in [0.05, 0.1) is 6.54 Å². The van der Waals surface area contributed by atoms with Crippen LogP contribution in [0.25, 0.3) is 22.5 Å². The van der Waals surface area contributed by atoms with Crippen molar-refractivity contribution in [3.05, 3.63) is 59.2 Å². The maximum atomic E-state index is 11.7. The van der Waals surface area contributed by atoms with Crippen molar-refractivity contribution in [2.75, 3.05) is 0 Å². The predicted molar refractivity (Wildman–Crippen MR) is 113 cm³/mol. The minimum Gasteiger partial charge on any atom is -0.476 e. The molecular formula is C20H19ClN8O2. The van der Waals surface area contributed by atoms with Crippen LogP contribution in [0.3, 0.4) is 0 Å². The first-order valence-corrected chi connectivity index (χ1v) is 10.1. The summed E-state index contributed by atoms with van der Waals surface area (Å²) in [6, 6.07) is 7.63. The van der Waals surface area contributed by atoms with Crippen molar-refractivity contribution in [3.8, 4) is 22.5 Å². The Morgan fingerprint density at radius 2 is 1.94 bits per heavy atom. The zero-order valence-corrected chi connectivity index (χ0v) is 17.4. The Balaban J connectivity index is 1.65. The number of aromatic carboxylic acids is 1. The van der Waals surface area contributed by atoms with Crippen LogP contribution in [0.5, 0.6) is 0 Å². The second-order valence-electron chi connectivity index (χ2n) is 6.85. The van der Waals surface area contributed by atoms with E-state index in [1.54, 1.807) is 17.0 Å². The van der Waals surface area contributed by atoms with Gasteiger partial charge in [-0.25, -0.2) is 24.8 Å². The summed E-state index contributed by atoms with van der Waals surface area (Å²) in [4.78, 5) is 24.8. The van der Waals surface area contributed by atoms with E-state index in [4.69, 9.17) is 11.6 Å². The number of aromatic amines is 1. The highest BCUT2D eigenvalue weighted by molar-refractivity contribution is 6.32. The molecule has 0 aliphatic heterocycles. The first kappa shape index (κ1) is 20.6. The van der Waals surface area contributed by atoms with Gasteiger partial charge in [-0.3, -0.25) is 0 Å². The van der Waals surface area contributed by atoms with E-state index in [-0.39, 0.29) is 17.4 Å². The fourth-order valence-corrected chi connectivity index (χ4v) is 3.58. The summed E-state index contributed by atoms with van der Waals surface area (Å²) >= 11 is 6.09. The third kappa shape index (κ3) is 4.29. The number of rotatable bonds is 8. The molecule has 10 nitrogen and oxygen atoms in total. The fourth-order valence-electron chi connectivity index (χ4n) is 3.30. The number of carboxylic acid groups (broad SMARTS) is 1. The molecule has 0 saturated heterocycles. The minimum absolute atomic E-state index is 0.0233. The molecule has 0 radical (unpaired) electrons. The second-order valence-corrected chi connectivity index (χ2v) is 7.20. The van der Waals surface area contributed by atoms with E-state index in [1.807, 2.05) is 24.3 Å². The van der Waals surface area contributed by atoms with Crippen molar-refractivity contribution in [1.82, 2.24) is 40.1 Å². The van der Waals surface area contributed by atoms with Crippen molar-refractivity contribution < 1.29 is 9.90 Å². The topological polar surface area (TPSA) is 135 Å². The van der Waals surface area contributed by atoms with Crippen molar-refractivity contribution in [2.45, 2.75) is 32.7 Å². The lowest BCUT2D eigenvalue weighted by Gasteiger charge is -2.10. The van der Waals surface area contributed by atoms with Gasteiger partial charge in [-0.1, -0.05) is 49.2 Å². The van der Waals surface area contributed by atoms with E-state index < -0.39 is 5.97 Å². The average Bonchev–Trinajstić information content (AvgIpc) is 3.41. The third-order valence-electron chi connectivity index (χ3n) is 4.80. The molecule has 0 bridgehead atoms. The molecule has 0 atom stereocenters. The molecule has 4 rings (SSSR count). The normalized spacial score (nSPS) is 11.0. The molecule has 2 N–H and O–H groups in total. The number of nitrogens with one attached hydrogen (secondary N) is 1. The van der Waals surface area contributed by atoms with Crippen LogP contribution >= 0.6 is 11.6 Å². The number of unbranched alkanes of at least 4 members (excludes halogenated alkanes) is 1. The quantitative estimate of drug-likeness (QED) is 0.427. The SMILES string of the molecule is CCCCc1nc(Cl)c(C(=O)O)n1Cc1ncc(-c2ccccc2-c2nnn[nH]2)cn1. The minimum atomic E-state index is -1.13. The van der Waals surface area contributed by atoms with Gasteiger partial charge < -0.3 is 9.67 Å². The van der Waals surface area contributed by atoms with Gasteiger partial charge in [0.2, 0.25) is 0 Å². The van der Waals surface area contributed by atoms with Gasteiger partial charge in [0.1, 0.15) is 11.6 Å². The molecule has 0 spiro atoms. The number of aromatic nitrogens is 8. The summed E-state index contributed by atoms with van der Waals surface area (Å²) in [5.41, 5.74) is 2.42. The number of aryl methyl sites for hydroxylation is 1. The lowest BCUT2D eigenvalue weighted by atomic mass is 10.0. The molecule has 0 fully saturated rings. The summed E-state index contributed by atoms with van der Waals surface area (Å²) in [7, 11) is 0. The van der Waals surface area contributed by atoms with Crippen molar-refractivity contribution in [3.63, 3.8) is 0 Å². The highest BCUT2D eigenvalue weighted by Crippen LogP contribution is 2.28. The Labute approximate surface area is 182 Å². The van der Waals surface area contributed by atoms with Crippen LogP contribution in [0.1, 0.15) is 41.9 Å². The Morgan fingerprint density at radius 3 is 2.58 bits per heavy atom. The molecule has 0 aliphatic carbocycles. The molecule has 3 heterocycles. The van der Waals surface area contributed by atoms with Crippen LogP contribution in [-0.2, 0) is 13.0 Å². The number of benzene rings is 1. The molecule has 3 aromatic heterocycles. The number of carbonyl (C=O) groups is 1. The maximum Gasteiger partial charge on any atom is 0.355 e. The molecule has 0 amide bonds. The van der Waals surface area contributed by atoms with Crippen LogP contribution < -0.4 is 0 Å². The van der Waals surface area contributed by atoms with Crippen LogP contribution in [-0.4, -0.2) is 51.2 Å². The number of nitrogens with zero attached hydrogens (tertiary/aromatic N) is 7. The fraction of sp³-hybridized carbons (Fsp3) is 0.250. The first-order chi connectivity index (χ1) is 15.1. The molecule has 0 aliphatic rings. The number of halogens is 1. The van der Waals surface area contributed by atoms with Crippen LogP contribution in [0.15, 0.2) is 36.7 Å². The third-order valence-corrected chi connectivity index (χ3v) is 5.07. The summed E-state index contributed by atoms with van der Waals surface area (Å²) in [5.74, 6) is 0.475. The maximum absolute atomic E-state index is 11.7. The Hall–Kier alpha value is -3.66. The number of imidazole rings is 1. The molecule has 31 heavy (non-hydrogen) atoms. The monoisotopic (exact) mass is 438 g/mol. The Kier molecular flexibility index (Phi) is 5.99. The molecular weight excluding hydrogens is 420 g/mol. The van der Waals surface area contributed by atoms with Gasteiger partial charge in [-0.15, -0.1) is 5.10 Å². The molecule has 11 heteroatoms. The van der Waals surface area contributed by atoms with Crippen molar-refractivity contribution in [2.24, 2.45) is 0 Å². The summed E-state index contributed by atoms with van der Waals surface area (Å²) in [5, 5.41) is 23.5. The lowest BCUT2D eigenvalue weighted by molar-refractivity contribution is 0.0685. The van der Waals surface area contributed by atoms with Crippen LogP contribution in [0.2, 0.25) is 5.15 Å². The Morgan fingerprint density at radius 1 is 1.19 bits per heavy atom. The molecule has 0 saturated carbocycles. The van der Waals surface area contributed by atoms with Crippen LogP contribution in [0, 0.1) is 0 Å². The van der Waals surface area contributed by atoms with E-state index in [2.05, 4.69) is 42.5 Å². The van der Waals surface area contributed by atoms with Gasteiger partial charge in [-0.05, 0) is 22.4 Å². The molecule has 1 aromatic carbocycles. The number of H-pyrrole nitrogens is 1. The predicted octanol–water partition coefficient (Wildman–Crippen LogP) is 3.26. The van der Waals surface area contributed by atoms with Crippen molar-refractivity contribution >= 4 is 17.6 Å². The standard InChI is InChI=1S/C20H19ClN8O2/c1-2-3-8-16-24-18(21)17(20(30)31)29(16)11-15-22-9-12(10-23-15)13-6-4-5-7-14(13)19-25-27-28-26-19/h4-7,9-10H,2-3,8,11H2,1H3,(H,30,31)(H,25,26,27,28). The molecule has 158 valence electrons. The number of hydrogen-bond acceptors (Lipinski definition) is 7. The van der Waals surface area contributed by atoms with E-state index in [0.717, 1.165) is 29.5 Å². The summed E-state index contributed by atoms with van der Waals surface area (Å²) in [6.07, 6.45) is 5.84. The average molecular weight is 439 g/mol. The lowest BCUT2D eigenvalue weighted by Crippen LogP contribution is -2.14. The van der Waals surface area contributed by atoms with Crippen LogP contribution in [0.4, 0.5) is 0 Å². The van der Waals surface area contributed by atoms with E-state index in [0.29, 0.717) is 23.9 Å². The van der Waals surface area contributed by atoms with E-state index in [1.165, 1.54) is 0 Å². The molecule has 0 unspecified atom stereocenters. The largest absolute Gasteiger partial charge is 0.476 e. The first-order valence-electron chi connectivity index (χ1n) is 9.71. The van der Waals surface area contributed by atoms with Gasteiger partial charge in [0, 0.05) is 29.9 Å². The van der Waals surface area contributed by atoms with E-state index >= 15 is 0 Å². The van der Waals surface area contributed by atoms with Gasteiger partial charge in [0.25, 0.3) is 0 Å². The Bertz CT molecular complexity index is 1190. The molecule has 4 aromatic rings. The summed E-state index contributed by atoms with van der Waals surface area (Å²) < 4.78 is 1.57. The van der Waals surface area contributed by atoms with Gasteiger partial charge in [0.15, 0.2) is 16.7 Å². The highest BCUT2D eigenvalue weighted by Gasteiger charge is 2.22. The van der Waals surface area contributed by atoms with E-state index in [9.17, 15) is 9.90 Å².